The highest BCUT2D eigenvalue weighted by atomic mass is 16.7. The smallest absolute Gasteiger partial charge is 0.351 e. The minimum atomic E-state index is -1.97. The van der Waals surface area contributed by atoms with Crippen molar-refractivity contribution >= 4 is 17.7 Å². The van der Waals surface area contributed by atoms with Gasteiger partial charge in [-0.25, -0.2) is 4.79 Å². The van der Waals surface area contributed by atoms with E-state index in [1.807, 2.05) is 0 Å². The number of Topliss-reactive ketones (excluding diaryl/α,β-unsaturated/α-hetero) is 1. The Morgan fingerprint density at radius 1 is 1.32 bits per heavy atom. The van der Waals surface area contributed by atoms with Crippen molar-refractivity contribution in [1.29, 1.82) is 0 Å². The number of hydrogen-bond donors (Lipinski definition) is 1. The molecule has 1 aromatic carbocycles. The van der Waals surface area contributed by atoms with E-state index in [0.29, 0.717) is 5.56 Å². The van der Waals surface area contributed by atoms with E-state index in [4.69, 9.17) is 15.2 Å². The number of ketones is 1. The normalized spacial score (nSPS) is 24.6. The number of hydrogen-bond acceptors (Lipinski definition) is 5. The lowest BCUT2D eigenvalue weighted by Gasteiger charge is -2.07. The van der Waals surface area contributed by atoms with E-state index in [2.05, 4.69) is 0 Å². The van der Waals surface area contributed by atoms with Gasteiger partial charge in [-0.15, -0.1) is 0 Å². The lowest BCUT2D eigenvalue weighted by Crippen LogP contribution is -2.44. The molecule has 2 atom stereocenters. The van der Waals surface area contributed by atoms with Crippen molar-refractivity contribution in [3.63, 3.8) is 0 Å². The van der Waals surface area contributed by atoms with E-state index in [1.165, 1.54) is 0 Å². The Balaban J connectivity index is 2.22. The Hall–Kier alpha value is -2.21. The molecule has 19 heavy (non-hydrogen) atoms. The fraction of sp³-hybridized carbons (Fsp3) is 0.308. The first-order valence-corrected chi connectivity index (χ1v) is 5.78. The number of primary amides is 1. The highest BCUT2D eigenvalue weighted by Crippen LogP contribution is 2.39. The molecule has 1 amide bonds. The molecule has 0 radical (unpaired) electrons. The van der Waals surface area contributed by atoms with Crippen molar-refractivity contribution in [2.75, 3.05) is 6.61 Å². The van der Waals surface area contributed by atoms with E-state index >= 15 is 0 Å². The van der Waals surface area contributed by atoms with Gasteiger partial charge in [-0.05, 0) is 6.92 Å². The zero-order chi connectivity index (χ0) is 14.0. The monoisotopic (exact) mass is 263 g/mol. The molecule has 6 nitrogen and oxygen atoms in total. The van der Waals surface area contributed by atoms with Crippen molar-refractivity contribution in [1.82, 2.24) is 0 Å². The van der Waals surface area contributed by atoms with Crippen molar-refractivity contribution < 1.29 is 23.9 Å². The van der Waals surface area contributed by atoms with Crippen LogP contribution in [0.4, 0.5) is 0 Å². The average Bonchev–Trinajstić information content (AvgIpc) is 3.16. The summed E-state index contributed by atoms with van der Waals surface area (Å²) >= 11 is 0. The van der Waals surface area contributed by atoms with Gasteiger partial charge < -0.3 is 15.2 Å². The lowest BCUT2D eigenvalue weighted by atomic mass is 9.98. The van der Waals surface area contributed by atoms with Gasteiger partial charge in [0.15, 0.2) is 11.9 Å². The zero-order valence-corrected chi connectivity index (χ0v) is 10.3. The predicted octanol–water partition coefficient (Wildman–Crippen LogP) is 0.0553. The molecule has 0 bridgehead atoms. The second-order valence-corrected chi connectivity index (χ2v) is 4.05. The number of amides is 1. The maximum Gasteiger partial charge on any atom is 0.351 e. The molecule has 1 aromatic rings. The second-order valence-electron chi connectivity index (χ2n) is 4.05. The van der Waals surface area contributed by atoms with Crippen LogP contribution >= 0.6 is 0 Å². The van der Waals surface area contributed by atoms with Crippen LogP contribution in [0, 0.1) is 0 Å². The van der Waals surface area contributed by atoms with E-state index in [1.54, 1.807) is 37.3 Å². The van der Waals surface area contributed by atoms with Gasteiger partial charge in [-0.2, -0.15) is 0 Å². The predicted molar refractivity (Wildman–Crippen MR) is 64.2 cm³/mol. The van der Waals surface area contributed by atoms with Gasteiger partial charge in [0, 0.05) is 5.56 Å². The van der Waals surface area contributed by atoms with Crippen LogP contribution in [0.5, 0.6) is 0 Å². The minimum absolute atomic E-state index is 0.0729. The van der Waals surface area contributed by atoms with Gasteiger partial charge in [0.25, 0.3) is 11.5 Å². The summed E-state index contributed by atoms with van der Waals surface area (Å²) in [5.74, 6) is -2.40. The first-order chi connectivity index (χ1) is 9.04. The van der Waals surface area contributed by atoms with Crippen molar-refractivity contribution in [3.05, 3.63) is 35.9 Å². The summed E-state index contributed by atoms with van der Waals surface area (Å²) in [6, 6.07) is 8.23. The van der Waals surface area contributed by atoms with Crippen molar-refractivity contribution in [2.45, 2.75) is 18.6 Å². The molecule has 100 valence electrons. The van der Waals surface area contributed by atoms with Crippen LogP contribution in [-0.2, 0) is 19.1 Å². The highest BCUT2D eigenvalue weighted by molar-refractivity contribution is 6.18. The van der Waals surface area contributed by atoms with Crippen LogP contribution in [0.25, 0.3) is 0 Å². The lowest BCUT2D eigenvalue weighted by molar-refractivity contribution is -0.153. The maximum absolute atomic E-state index is 12.1. The number of nitrogens with two attached hydrogens (primary N) is 1. The number of epoxide rings is 1. The minimum Gasteiger partial charge on any atom is -0.463 e. The van der Waals surface area contributed by atoms with Gasteiger partial charge in [-0.3, -0.25) is 9.59 Å². The third-order valence-electron chi connectivity index (χ3n) is 2.86. The molecular formula is C13H13NO5. The SMILES string of the molecule is CCOC(=O)C1(C(N)=O)OC1C(=O)c1ccccc1. The number of carbonyl (C=O) groups excluding carboxylic acids is 3. The van der Waals surface area contributed by atoms with Gasteiger partial charge in [0.2, 0.25) is 0 Å². The quantitative estimate of drug-likeness (QED) is 0.350. The highest BCUT2D eigenvalue weighted by Gasteiger charge is 2.72. The molecule has 1 heterocycles. The Labute approximate surface area is 109 Å². The molecule has 0 aromatic heterocycles. The van der Waals surface area contributed by atoms with Crippen LogP contribution in [0.2, 0.25) is 0 Å². The van der Waals surface area contributed by atoms with E-state index in [-0.39, 0.29) is 6.61 Å². The molecule has 1 aliphatic heterocycles. The average molecular weight is 263 g/mol. The van der Waals surface area contributed by atoms with E-state index in [9.17, 15) is 14.4 Å². The van der Waals surface area contributed by atoms with Gasteiger partial charge >= 0.3 is 5.97 Å². The number of rotatable bonds is 5. The number of esters is 1. The third-order valence-corrected chi connectivity index (χ3v) is 2.86. The summed E-state index contributed by atoms with van der Waals surface area (Å²) in [7, 11) is 0. The Morgan fingerprint density at radius 2 is 1.95 bits per heavy atom. The molecule has 0 spiro atoms. The number of benzene rings is 1. The summed E-state index contributed by atoms with van der Waals surface area (Å²) in [5, 5.41) is 0. The number of carbonyl (C=O) groups is 3. The van der Waals surface area contributed by atoms with Crippen LogP contribution in [0.3, 0.4) is 0 Å². The second kappa shape index (κ2) is 4.81. The summed E-state index contributed by atoms with van der Waals surface area (Å²) in [4.78, 5) is 35.2. The Morgan fingerprint density at radius 3 is 2.47 bits per heavy atom. The first kappa shape index (κ1) is 13.2. The third kappa shape index (κ3) is 2.10. The molecule has 1 fully saturated rings. The van der Waals surface area contributed by atoms with Crippen molar-refractivity contribution in [2.24, 2.45) is 5.73 Å². The van der Waals surface area contributed by atoms with Crippen LogP contribution in [0.1, 0.15) is 17.3 Å². The van der Waals surface area contributed by atoms with Crippen LogP contribution in [0.15, 0.2) is 30.3 Å². The molecule has 1 aliphatic rings. The summed E-state index contributed by atoms with van der Waals surface area (Å²) in [5.41, 5.74) is 3.53. The topological polar surface area (TPSA) is 99.0 Å². The zero-order valence-electron chi connectivity index (χ0n) is 10.3. The molecule has 1 saturated heterocycles. The summed E-state index contributed by atoms with van der Waals surface area (Å²) < 4.78 is 9.73. The molecule has 0 aliphatic carbocycles. The molecule has 2 unspecified atom stereocenters. The van der Waals surface area contributed by atoms with Gasteiger partial charge in [0.05, 0.1) is 6.61 Å². The van der Waals surface area contributed by atoms with Crippen LogP contribution in [-0.4, -0.2) is 36.0 Å². The fourth-order valence-corrected chi connectivity index (χ4v) is 1.83. The Kier molecular flexibility index (Phi) is 3.35. The Bertz CT molecular complexity index is 527. The summed E-state index contributed by atoms with van der Waals surface area (Å²) in [6.07, 6.45) is -1.20. The molecule has 2 rings (SSSR count). The molecular weight excluding hydrogens is 250 g/mol. The summed E-state index contributed by atoms with van der Waals surface area (Å²) in [6.45, 7) is 1.66. The van der Waals surface area contributed by atoms with Gasteiger partial charge in [-0.1, -0.05) is 30.3 Å². The standard InChI is InChI=1S/C13H13NO5/c1-2-18-12(17)13(11(14)16)10(19-13)9(15)8-6-4-3-5-7-8/h3-7,10H,2H2,1H3,(H2,14,16). The first-order valence-electron chi connectivity index (χ1n) is 5.78. The van der Waals surface area contributed by atoms with E-state index in [0.717, 1.165) is 0 Å². The van der Waals surface area contributed by atoms with Crippen molar-refractivity contribution in [3.8, 4) is 0 Å². The van der Waals surface area contributed by atoms with Crippen LogP contribution < -0.4 is 5.73 Å². The molecule has 0 saturated carbocycles. The maximum atomic E-state index is 12.1. The largest absolute Gasteiger partial charge is 0.463 e. The van der Waals surface area contributed by atoms with Gasteiger partial charge in [0.1, 0.15) is 0 Å². The number of ether oxygens (including phenoxy) is 2. The molecule has 2 N–H and O–H groups in total. The molecule has 6 heteroatoms. The fourth-order valence-electron chi connectivity index (χ4n) is 1.83. The van der Waals surface area contributed by atoms with E-state index < -0.39 is 29.4 Å².